The lowest BCUT2D eigenvalue weighted by atomic mass is 10.00. The standard InChI is InChI=1S/C22H29N5O2/c1-2-17-8-3-4-13-25(17)14-7-12-23-20(28)16-27-21-18(9-5-11-24-21)26-15-6-10-19(26)22(27)29/h5-6,9-11,15,17H,2-4,7-8,12-14,16H2,1H3,(H,23,28)/t17-/m1/s1. The van der Waals surface area contributed by atoms with Gasteiger partial charge in [0.25, 0.3) is 5.56 Å². The monoisotopic (exact) mass is 395 g/mol. The van der Waals surface area contributed by atoms with Gasteiger partial charge in [0.15, 0.2) is 5.65 Å². The van der Waals surface area contributed by atoms with Crippen molar-refractivity contribution >= 4 is 22.6 Å². The summed E-state index contributed by atoms with van der Waals surface area (Å²) < 4.78 is 3.29. The molecule has 1 aliphatic rings. The van der Waals surface area contributed by atoms with Gasteiger partial charge in [0.2, 0.25) is 5.91 Å². The summed E-state index contributed by atoms with van der Waals surface area (Å²) in [5.74, 6) is -0.152. The normalized spacial score (nSPS) is 17.8. The number of amides is 1. The molecule has 0 bridgehead atoms. The number of likely N-dealkylation sites (tertiary alicyclic amines) is 1. The molecule has 7 heteroatoms. The Labute approximate surface area is 170 Å². The number of fused-ring (bicyclic) bond motifs is 3. The summed E-state index contributed by atoms with van der Waals surface area (Å²) in [5, 5.41) is 2.98. The van der Waals surface area contributed by atoms with Crippen molar-refractivity contribution < 1.29 is 4.79 Å². The Balaban J connectivity index is 1.40. The van der Waals surface area contributed by atoms with E-state index in [1.807, 2.05) is 28.8 Å². The van der Waals surface area contributed by atoms with E-state index in [1.54, 1.807) is 12.3 Å². The van der Waals surface area contributed by atoms with E-state index in [0.29, 0.717) is 23.8 Å². The zero-order valence-corrected chi connectivity index (χ0v) is 17.0. The summed E-state index contributed by atoms with van der Waals surface area (Å²) in [7, 11) is 0. The van der Waals surface area contributed by atoms with Crippen molar-refractivity contribution in [3.8, 4) is 0 Å². The highest BCUT2D eigenvalue weighted by atomic mass is 16.2. The molecule has 29 heavy (non-hydrogen) atoms. The number of nitrogens with one attached hydrogen (secondary N) is 1. The molecule has 0 aromatic carbocycles. The maximum absolute atomic E-state index is 12.9. The van der Waals surface area contributed by atoms with E-state index >= 15 is 0 Å². The molecular formula is C22H29N5O2. The Bertz CT molecular complexity index is 1050. The quantitative estimate of drug-likeness (QED) is 0.624. The largest absolute Gasteiger partial charge is 0.354 e. The van der Waals surface area contributed by atoms with Crippen molar-refractivity contribution in [1.29, 1.82) is 0 Å². The molecule has 4 rings (SSSR count). The number of aromatic nitrogens is 3. The van der Waals surface area contributed by atoms with E-state index in [-0.39, 0.29) is 18.0 Å². The zero-order valence-electron chi connectivity index (χ0n) is 17.0. The van der Waals surface area contributed by atoms with Crippen LogP contribution in [0.4, 0.5) is 0 Å². The average Bonchev–Trinajstić information content (AvgIpc) is 3.25. The second-order valence-electron chi connectivity index (χ2n) is 7.80. The van der Waals surface area contributed by atoms with Gasteiger partial charge in [0.1, 0.15) is 12.1 Å². The molecule has 0 aliphatic carbocycles. The first-order valence-electron chi connectivity index (χ1n) is 10.6. The van der Waals surface area contributed by atoms with Gasteiger partial charge in [-0.2, -0.15) is 0 Å². The molecule has 1 saturated heterocycles. The first-order chi connectivity index (χ1) is 14.2. The molecule has 0 unspecified atom stereocenters. The fraction of sp³-hybridized carbons (Fsp3) is 0.500. The number of carbonyl (C=O) groups is 1. The maximum atomic E-state index is 12.9. The van der Waals surface area contributed by atoms with E-state index in [0.717, 1.165) is 25.0 Å². The molecule has 4 heterocycles. The third-order valence-corrected chi connectivity index (χ3v) is 5.96. The Morgan fingerprint density at radius 3 is 2.97 bits per heavy atom. The lowest BCUT2D eigenvalue weighted by molar-refractivity contribution is -0.121. The molecule has 0 radical (unpaired) electrons. The minimum Gasteiger partial charge on any atom is -0.354 e. The van der Waals surface area contributed by atoms with Crippen LogP contribution in [0.15, 0.2) is 41.5 Å². The predicted molar refractivity (Wildman–Crippen MR) is 114 cm³/mol. The summed E-state index contributed by atoms with van der Waals surface area (Å²) in [6, 6.07) is 8.03. The van der Waals surface area contributed by atoms with Crippen molar-refractivity contribution in [1.82, 2.24) is 24.2 Å². The van der Waals surface area contributed by atoms with Crippen LogP contribution in [0.1, 0.15) is 39.0 Å². The van der Waals surface area contributed by atoms with Crippen LogP contribution >= 0.6 is 0 Å². The number of hydrogen-bond donors (Lipinski definition) is 1. The van der Waals surface area contributed by atoms with Gasteiger partial charge >= 0.3 is 0 Å². The van der Waals surface area contributed by atoms with Crippen LogP contribution in [0.25, 0.3) is 16.7 Å². The highest BCUT2D eigenvalue weighted by molar-refractivity contribution is 5.80. The van der Waals surface area contributed by atoms with Gasteiger partial charge in [-0.05, 0) is 56.5 Å². The van der Waals surface area contributed by atoms with E-state index in [1.165, 1.54) is 30.3 Å². The van der Waals surface area contributed by atoms with Gasteiger partial charge in [-0.1, -0.05) is 13.3 Å². The van der Waals surface area contributed by atoms with Gasteiger partial charge in [-0.15, -0.1) is 0 Å². The Morgan fingerprint density at radius 1 is 1.24 bits per heavy atom. The number of pyridine rings is 1. The van der Waals surface area contributed by atoms with Crippen LogP contribution < -0.4 is 10.9 Å². The number of hydrogen-bond acceptors (Lipinski definition) is 4. The van der Waals surface area contributed by atoms with E-state index < -0.39 is 0 Å². The highest BCUT2D eigenvalue weighted by Crippen LogP contribution is 2.19. The molecule has 3 aromatic rings. The van der Waals surface area contributed by atoms with Crippen LogP contribution in [0.2, 0.25) is 0 Å². The fourth-order valence-corrected chi connectivity index (χ4v) is 4.46. The lowest BCUT2D eigenvalue weighted by Crippen LogP contribution is -2.41. The first-order valence-corrected chi connectivity index (χ1v) is 10.6. The van der Waals surface area contributed by atoms with E-state index in [2.05, 4.69) is 22.1 Å². The minimum atomic E-state index is -0.199. The number of rotatable bonds is 7. The molecule has 0 spiro atoms. The summed E-state index contributed by atoms with van der Waals surface area (Å²) in [4.78, 5) is 32.3. The molecule has 7 nitrogen and oxygen atoms in total. The zero-order chi connectivity index (χ0) is 20.2. The Morgan fingerprint density at radius 2 is 2.10 bits per heavy atom. The van der Waals surface area contributed by atoms with Gasteiger partial charge in [0, 0.05) is 31.5 Å². The van der Waals surface area contributed by atoms with Gasteiger partial charge in [-0.3, -0.25) is 14.2 Å². The molecule has 3 aromatic heterocycles. The molecule has 1 aliphatic heterocycles. The SMILES string of the molecule is CC[C@@H]1CCCCN1CCCNC(=O)Cn1c(=O)c2cccn2c2cccnc21. The molecular weight excluding hydrogens is 366 g/mol. The molecule has 1 N–H and O–H groups in total. The number of nitrogens with zero attached hydrogens (tertiary/aromatic N) is 4. The van der Waals surface area contributed by atoms with Crippen molar-refractivity contribution in [2.24, 2.45) is 0 Å². The summed E-state index contributed by atoms with van der Waals surface area (Å²) in [6.07, 6.45) is 9.49. The van der Waals surface area contributed by atoms with Crippen LogP contribution in [0.3, 0.4) is 0 Å². The first kappa shape index (κ1) is 19.6. The fourth-order valence-electron chi connectivity index (χ4n) is 4.46. The summed E-state index contributed by atoms with van der Waals surface area (Å²) in [6.45, 7) is 5.04. The predicted octanol–water partition coefficient (Wildman–Crippen LogP) is 2.42. The van der Waals surface area contributed by atoms with Crippen molar-refractivity contribution in [3.63, 3.8) is 0 Å². The molecule has 1 atom stereocenters. The Hall–Kier alpha value is -2.67. The maximum Gasteiger partial charge on any atom is 0.276 e. The smallest absolute Gasteiger partial charge is 0.276 e. The lowest BCUT2D eigenvalue weighted by Gasteiger charge is -2.35. The van der Waals surface area contributed by atoms with Crippen molar-refractivity contribution in [2.75, 3.05) is 19.6 Å². The summed E-state index contributed by atoms with van der Waals surface area (Å²) in [5.41, 5.74) is 1.69. The second-order valence-corrected chi connectivity index (χ2v) is 7.80. The second kappa shape index (κ2) is 8.78. The van der Waals surface area contributed by atoms with Crippen LogP contribution in [0, 0.1) is 0 Å². The highest BCUT2D eigenvalue weighted by Gasteiger charge is 2.20. The third-order valence-electron chi connectivity index (χ3n) is 5.96. The van der Waals surface area contributed by atoms with Crippen molar-refractivity contribution in [2.45, 2.75) is 51.6 Å². The minimum absolute atomic E-state index is 0.0185. The van der Waals surface area contributed by atoms with Crippen LogP contribution in [0.5, 0.6) is 0 Å². The molecule has 154 valence electrons. The molecule has 0 saturated carbocycles. The van der Waals surface area contributed by atoms with Gasteiger partial charge < -0.3 is 14.6 Å². The van der Waals surface area contributed by atoms with Crippen LogP contribution in [-0.4, -0.2) is 50.4 Å². The molecule has 1 fully saturated rings. The Kier molecular flexibility index (Phi) is 5.94. The average molecular weight is 396 g/mol. The topological polar surface area (TPSA) is 71.6 Å². The third kappa shape index (κ3) is 4.05. The van der Waals surface area contributed by atoms with Crippen LogP contribution in [-0.2, 0) is 11.3 Å². The number of piperidine rings is 1. The molecule has 1 amide bonds. The van der Waals surface area contributed by atoms with E-state index in [4.69, 9.17) is 0 Å². The van der Waals surface area contributed by atoms with E-state index in [9.17, 15) is 9.59 Å². The van der Waals surface area contributed by atoms with Gasteiger partial charge in [-0.25, -0.2) is 4.98 Å². The van der Waals surface area contributed by atoms with Gasteiger partial charge in [0.05, 0.1) is 5.52 Å². The summed E-state index contributed by atoms with van der Waals surface area (Å²) >= 11 is 0. The number of carbonyl (C=O) groups excluding carboxylic acids is 1. The van der Waals surface area contributed by atoms with Crippen molar-refractivity contribution in [3.05, 3.63) is 47.0 Å².